The van der Waals surface area contributed by atoms with Gasteiger partial charge < -0.3 is 15.5 Å². The van der Waals surface area contributed by atoms with Crippen molar-refractivity contribution in [1.29, 1.82) is 0 Å². The van der Waals surface area contributed by atoms with Crippen LogP contribution in [-0.4, -0.2) is 30.9 Å². The second-order valence-electron chi connectivity index (χ2n) is 5.76. The summed E-state index contributed by atoms with van der Waals surface area (Å²) in [7, 11) is 3.74. The second kappa shape index (κ2) is 9.08. The molecule has 0 aliphatic carbocycles. The molecule has 0 spiro atoms. The standard InChI is InChI=1S/C19H23ClN4O/c1-14(25)23-18-6-4-5-16(11-18)12-22-19(21-2)24(3)13-15-7-9-17(20)10-8-15/h4-11H,12-13H2,1-3H3,(H,21,22)(H,23,25). The molecular formula is C19H23ClN4O. The van der Waals surface area contributed by atoms with E-state index in [1.807, 2.05) is 60.5 Å². The third-order valence-corrected chi connectivity index (χ3v) is 3.86. The van der Waals surface area contributed by atoms with Gasteiger partial charge in [-0.15, -0.1) is 0 Å². The zero-order valence-corrected chi connectivity index (χ0v) is 15.5. The molecule has 0 atom stereocenters. The van der Waals surface area contributed by atoms with Crippen LogP contribution in [0.25, 0.3) is 0 Å². The Kier molecular flexibility index (Phi) is 6.83. The van der Waals surface area contributed by atoms with E-state index >= 15 is 0 Å². The minimum atomic E-state index is -0.0800. The van der Waals surface area contributed by atoms with E-state index in [0.29, 0.717) is 6.54 Å². The number of benzene rings is 2. The Morgan fingerprint density at radius 2 is 1.88 bits per heavy atom. The molecule has 2 aromatic carbocycles. The number of aliphatic imine (C=N–C) groups is 1. The van der Waals surface area contributed by atoms with Gasteiger partial charge in [0.1, 0.15) is 0 Å². The Balaban J connectivity index is 1.95. The zero-order valence-electron chi connectivity index (χ0n) is 14.7. The summed E-state index contributed by atoms with van der Waals surface area (Å²) in [4.78, 5) is 17.5. The van der Waals surface area contributed by atoms with Gasteiger partial charge in [-0.1, -0.05) is 35.9 Å². The first-order valence-corrected chi connectivity index (χ1v) is 8.38. The molecule has 0 bridgehead atoms. The molecule has 5 nitrogen and oxygen atoms in total. The number of halogens is 1. The average Bonchev–Trinajstić information content (AvgIpc) is 2.57. The number of carbonyl (C=O) groups excluding carboxylic acids is 1. The van der Waals surface area contributed by atoms with Gasteiger partial charge in [-0.25, -0.2) is 0 Å². The van der Waals surface area contributed by atoms with Gasteiger partial charge in [-0.2, -0.15) is 0 Å². The highest BCUT2D eigenvalue weighted by molar-refractivity contribution is 6.30. The third kappa shape index (κ3) is 6.12. The lowest BCUT2D eigenvalue weighted by Crippen LogP contribution is -2.38. The third-order valence-electron chi connectivity index (χ3n) is 3.60. The summed E-state index contributed by atoms with van der Waals surface area (Å²) in [6.07, 6.45) is 0. The lowest BCUT2D eigenvalue weighted by molar-refractivity contribution is -0.114. The number of carbonyl (C=O) groups is 1. The lowest BCUT2D eigenvalue weighted by Gasteiger charge is -2.22. The molecule has 0 aliphatic heterocycles. The fourth-order valence-electron chi connectivity index (χ4n) is 2.47. The van der Waals surface area contributed by atoms with E-state index in [2.05, 4.69) is 15.6 Å². The molecule has 0 aromatic heterocycles. The molecule has 0 unspecified atom stereocenters. The quantitative estimate of drug-likeness (QED) is 0.635. The van der Waals surface area contributed by atoms with Crippen molar-refractivity contribution in [1.82, 2.24) is 10.2 Å². The predicted molar refractivity (Wildman–Crippen MR) is 104 cm³/mol. The first-order valence-electron chi connectivity index (χ1n) is 8.00. The highest BCUT2D eigenvalue weighted by Gasteiger charge is 2.07. The minimum absolute atomic E-state index is 0.0800. The predicted octanol–water partition coefficient (Wildman–Crippen LogP) is 3.51. The Bertz CT molecular complexity index is 743. The van der Waals surface area contributed by atoms with Gasteiger partial charge in [-0.3, -0.25) is 9.79 Å². The summed E-state index contributed by atoms with van der Waals surface area (Å²) >= 11 is 5.92. The van der Waals surface area contributed by atoms with E-state index < -0.39 is 0 Å². The van der Waals surface area contributed by atoms with Crippen LogP contribution in [0.3, 0.4) is 0 Å². The van der Waals surface area contributed by atoms with Crippen LogP contribution >= 0.6 is 11.6 Å². The van der Waals surface area contributed by atoms with Crippen molar-refractivity contribution in [3.63, 3.8) is 0 Å². The summed E-state index contributed by atoms with van der Waals surface area (Å²) in [5.74, 6) is 0.712. The van der Waals surface area contributed by atoms with Crippen molar-refractivity contribution < 1.29 is 4.79 Å². The molecule has 0 aliphatic rings. The van der Waals surface area contributed by atoms with Gasteiger partial charge in [0.25, 0.3) is 0 Å². The fourth-order valence-corrected chi connectivity index (χ4v) is 2.59. The monoisotopic (exact) mass is 358 g/mol. The van der Waals surface area contributed by atoms with Gasteiger partial charge in [0.2, 0.25) is 5.91 Å². The van der Waals surface area contributed by atoms with Crippen molar-refractivity contribution in [3.05, 3.63) is 64.7 Å². The van der Waals surface area contributed by atoms with Crippen LogP contribution in [0.15, 0.2) is 53.5 Å². The molecule has 2 aromatic rings. The highest BCUT2D eigenvalue weighted by Crippen LogP contribution is 2.12. The number of hydrogen-bond donors (Lipinski definition) is 2. The minimum Gasteiger partial charge on any atom is -0.352 e. The fraction of sp³-hybridized carbons (Fsp3) is 0.263. The van der Waals surface area contributed by atoms with E-state index in [-0.39, 0.29) is 5.91 Å². The SMILES string of the molecule is CN=C(NCc1cccc(NC(C)=O)c1)N(C)Cc1ccc(Cl)cc1. The average molecular weight is 359 g/mol. The van der Waals surface area contributed by atoms with Crippen LogP contribution in [0.1, 0.15) is 18.1 Å². The van der Waals surface area contributed by atoms with E-state index in [1.165, 1.54) is 6.92 Å². The molecule has 1 amide bonds. The largest absolute Gasteiger partial charge is 0.352 e. The number of nitrogens with one attached hydrogen (secondary N) is 2. The molecule has 25 heavy (non-hydrogen) atoms. The van der Waals surface area contributed by atoms with Crippen LogP contribution < -0.4 is 10.6 Å². The molecule has 0 saturated carbocycles. The Morgan fingerprint density at radius 3 is 2.52 bits per heavy atom. The Hall–Kier alpha value is -2.53. The summed E-state index contributed by atoms with van der Waals surface area (Å²) in [6.45, 7) is 2.84. The number of nitrogens with zero attached hydrogens (tertiary/aromatic N) is 2. The molecule has 2 N–H and O–H groups in total. The zero-order chi connectivity index (χ0) is 18.2. The summed E-state index contributed by atoms with van der Waals surface area (Å²) in [5, 5.41) is 6.85. The number of guanidine groups is 1. The normalized spacial score (nSPS) is 11.1. The molecule has 2 rings (SSSR count). The van der Waals surface area contributed by atoms with Crippen molar-refractivity contribution in [2.24, 2.45) is 4.99 Å². The molecule has 6 heteroatoms. The molecule has 132 valence electrons. The lowest BCUT2D eigenvalue weighted by atomic mass is 10.2. The van der Waals surface area contributed by atoms with Gasteiger partial charge in [-0.05, 0) is 35.4 Å². The van der Waals surface area contributed by atoms with Crippen LogP contribution in [-0.2, 0) is 17.9 Å². The Morgan fingerprint density at radius 1 is 1.16 bits per heavy atom. The van der Waals surface area contributed by atoms with Crippen LogP contribution in [0.2, 0.25) is 5.02 Å². The molecular weight excluding hydrogens is 336 g/mol. The second-order valence-corrected chi connectivity index (χ2v) is 6.20. The number of amides is 1. The first kappa shape index (κ1) is 18.8. The summed E-state index contributed by atoms with van der Waals surface area (Å²) in [6, 6.07) is 15.5. The van der Waals surface area contributed by atoms with Crippen molar-refractivity contribution >= 4 is 29.2 Å². The Labute approximate surface area is 153 Å². The topological polar surface area (TPSA) is 56.7 Å². The number of rotatable bonds is 5. The maximum atomic E-state index is 11.2. The number of anilines is 1. The van der Waals surface area contributed by atoms with Crippen molar-refractivity contribution in [2.75, 3.05) is 19.4 Å². The molecule has 0 radical (unpaired) electrons. The van der Waals surface area contributed by atoms with Gasteiger partial charge in [0, 0.05) is 44.8 Å². The van der Waals surface area contributed by atoms with Gasteiger partial charge in [0.15, 0.2) is 5.96 Å². The maximum absolute atomic E-state index is 11.2. The van der Waals surface area contributed by atoms with Gasteiger partial charge >= 0.3 is 0 Å². The molecule has 0 heterocycles. The summed E-state index contributed by atoms with van der Waals surface area (Å²) < 4.78 is 0. The van der Waals surface area contributed by atoms with Crippen LogP contribution in [0.5, 0.6) is 0 Å². The van der Waals surface area contributed by atoms with Crippen molar-refractivity contribution in [3.8, 4) is 0 Å². The first-order chi connectivity index (χ1) is 12.0. The van der Waals surface area contributed by atoms with Crippen molar-refractivity contribution in [2.45, 2.75) is 20.0 Å². The van der Waals surface area contributed by atoms with Gasteiger partial charge in [0.05, 0.1) is 0 Å². The summed E-state index contributed by atoms with van der Waals surface area (Å²) in [5.41, 5.74) is 3.01. The molecule has 0 saturated heterocycles. The van der Waals surface area contributed by atoms with E-state index in [9.17, 15) is 4.79 Å². The van der Waals surface area contributed by atoms with Crippen LogP contribution in [0.4, 0.5) is 5.69 Å². The van der Waals surface area contributed by atoms with E-state index in [4.69, 9.17) is 11.6 Å². The molecule has 0 fully saturated rings. The van der Waals surface area contributed by atoms with E-state index in [1.54, 1.807) is 7.05 Å². The maximum Gasteiger partial charge on any atom is 0.221 e. The smallest absolute Gasteiger partial charge is 0.221 e. The van der Waals surface area contributed by atoms with Crippen LogP contribution in [0, 0.1) is 0 Å². The highest BCUT2D eigenvalue weighted by atomic mass is 35.5. The van der Waals surface area contributed by atoms with E-state index in [0.717, 1.165) is 34.3 Å². The number of hydrogen-bond acceptors (Lipinski definition) is 2.